The molecule has 0 unspecified atom stereocenters. The predicted octanol–water partition coefficient (Wildman–Crippen LogP) is 1.48. The number of aromatic nitrogens is 2. The molecule has 7 heteroatoms. The molecule has 0 radical (unpaired) electrons. The summed E-state index contributed by atoms with van der Waals surface area (Å²) < 4.78 is 25.4. The Morgan fingerprint density at radius 3 is 2.95 bits per heavy atom. The molecule has 0 bridgehead atoms. The van der Waals surface area contributed by atoms with E-state index >= 15 is 0 Å². The van der Waals surface area contributed by atoms with Crippen molar-refractivity contribution in [3.8, 4) is 5.75 Å². The van der Waals surface area contributed by atoms with Crippen LogP contribution in [0.3, 0.4) is 0 Å². The lowest BCUT2D eigenvalue weighted by molar-refractivity contribution is 0.0905. The lowest BCUT2D eigenvalue weighted by Crippen LogP contribution is -2.27. The van der Waals surface area contributed by atoms with Crippen LogP contribution in [-0.4, -0.2) is 42.6 Å². The van der Waals surface area contributed by atoms with Gasteiger partial charge < -0.3 is 14.8 Å². The summed E-state index contributed by atoms with van der Waals surface area (Å²) in [4.78, 5) is 11.8. The Hall–Kier alpha value is -2.41. The first kappa shape index (κ1) is 16.0. The van der Waals surface area contributed by atoms with Crippen molar-refractivity contribution in [1.29, 1.82) is 0 Å². The monoisotopic (exact) mass is 307 g/mol. The molecule has 0 spiro atoms. The van der Waals surface area contributed by atoms with Gasteiger partial charge in [-0.3, -0.25) is 9.48 Å². The van der Waals surface area contributed by atoms with Gasteiger partial charge in [0.2, 0.25) is 0 Å². The van der Waals surface area contributed by atoms with Gasteiger partial charge in [-0.1, -0.05) is 0 Å². The van der Waals surface area contributed by atoms with Crippen LogP contribution in [0.4, 0.5) is 4.39 Å². The zero-order chi connectivity index (χ0) is 15.8. The quantitative estimate of drug-likeness (QED) is 0.750. The molecule has 118 valence electrons. The largest absolute Gasteiger partial charge is 0.494 e. The average Bonchev–Trinajstić information content (AvgIpc) is 3.03. The van der Waals surface area contributed by atoms with Crippen LogP contribution >= 0.6 is 0 Å². The molecule has 0 saturated carbocycles. The molecule has 0 saturated heterocycles. The van der Waals surface area contributed by atoms with Gasteiger partial charge in [0.1, 0.15) is 0 Å². The second kappa shape index (κ2) is 8.14. The van der Waals surface area contributed by atoms with Gasteiger partial charge in [0.15, 0.2) is 11.6 Å². The second-order valence-corrected chi connectivity index (χ2v) is 4.49. The summed E-state index contributed by atoms with van der Waals surface area (Å²) in [6.07, 6.45) is 3.55. The van der Waals surface area contributed by atoms with Crippen molar-refractivity contribution >= 4 is 5.91 Å². The summed E-state index contributed by atoms with van der Waals surface area (Å²) in [5, 5.41) is 6.71. The van der Waals surface area contributed by atoms with Crippen molar-refractivity contribution in [3.63, 3.8) is 0 Å². The van der Waals surface area contributed by atoms with Crippen molar-refractivity contribution in [2.75, 3.05) is 26.9 Å². The normalized spacial score (nSPS) is 10.5. The lowest BCUT2D eigenvalue weighted by atomic mass is 10.2. The molecule has 0 aliphatic carbocycles. The number of hydrogen-bond acceptors (Lipinski definition) is 4. The van der Waals surface area contributed by atoms with E-state index in [4.69, 9.17) is 9.47 Å². The Bertz CT molecular complexity index is 602. The van der Waals surface area contributed by atoms with Crippen LogP contribution in [0.2, 0.25) is 0 Å². The number of hydrogen-bond donors (Lipinski definition) is 1. The van der Waals surface area contributed by atoms with Gasteiger partial charge in [0.25, 0.3) is 5.91 Å². The van der Waals surface area contributed by atoms with Crippen LogP contribution < -0.4 is 10.1 Å². The fourth-order valence-corrected chi connectivity index (χ4v) is 1.84. The summed E-state index contributed by atoms with van der Waals surface area (Å²) >= 11 is 0. The third kappa shape index (κ3) is 4.56. The van der Waals surface area contributed by atoms with Gasteiger partial charge in [0.05, 0.1) is 26.9 Å². The topological polar surface area (TPSA) is 65.4 Å². The SMILES string of the molecule is COc1ccc(C(=O)NCCOCCn2cccn2)cc1F. The molecule has 22 heavy (non-hydrogen) atoms. The summed E-state index contributed by atoms with van der Waals surface area (Å²) in [6.45, 7) is 1.90. The van der Waals surface area contributed by atoms with Crippen molar-refractivity contribution in [2.45, 2.75) is 6.54 Å². The first-order valence-corrected chi connectivity index (χ1v) is 6.87. The molecule has 1 N–H and O–H groups in total. The van der Waals surface area contributed by atoms with Crippen LogP contribution in [0.5, 0.6) is 5.75 Å². The lowest BCUT2D eigenvalue weighted by Gasteiger charge is -2.08. The van der Waals surface area contributed by atoms with Crippen LogP contribution in [-0.2, 0) is 11.3 Å². The molecule has 1 amide bonds. The number of nitrogens with one attached hydrogen (secondary N) is 1. The fraction of sp³-hybridized carbons (Fsp3) is 0.333. The van der Waals surface area contributed by atoms with Gasteiger partial charge in [-0.05, 0) is 24.3 Å². The Morgan fingerprint density at radius 2 is 2.27 bits per heavy atom. The minimum Gasteiger partial charge on any atom is -0.494 e. The molecule has 1 aromatic carbocycles. The number of amides is 1. The van der Waals surface area contributed by atoms with Crippen molar-refractivity contribution < 1.29 is 18.7 Å². The first-order chi connectivity index (χ1) is 10.7. The average molecular weight is 307 g/mol. The molecule has 1 heterocycles. The molecule has 0 aliphatic heterocycles. The molecule has 0 fully saturated rings. The van der Waals surface area contributed by atoms with Crippen molar-refractivity contribution in [1.82, 2.24) is 15.1 Å². The molecular formula is C15H18FN3O3. The third-order valence-electron chi connectivity index (χ3n) is 2.97. The summed E-state index contributed by atoms with van der Waals surface area (Å²) in [5.41, 5.74) is 0.245. The van der Waals surface area contributed by atoms with Crippen molar-refractivity contribution in [3.05, 3.63) is 48.0 Å². The van der Waals surface area contributed by atoms with Crippen molar-refractivity contribution in [2.24, 2.45) is 0 Å². The zero-order valence-corrected chi connectivity index (χ0v) is 12.3. The fourth-order valence-electron chi connectivity index (χ4n) is 1.84. The highest BCUT2D eigenvalue weighted by Crippen LogP contribution is 2.17. The predicted molar refractivity (Wildman–Crippen MR) is 78.3 cm³/mol. The van der Waals surface area contributed by atoms with E-state index < -0.39 is 5.82 Å². The van der Waals surface area contributed by atoms with E-state index in [1.165, 1.54) is 19.2 Å². The molecule has 0 atom stereocenters. The van der Waals surface area contributed by atoms with E-state index in [2.05, 4.69) is 10.4 Å². The third-order valence-corrected chi connectivity index (χ3v) is 2.97. The number of nitrogens with zero attached hydrogens (tertiary/aromatic N) is 2. The summed E-state index contributed by atoms with van der Waals surface area (Å²) in [6, 6.07) is 5.92. The number of carbonyl (C=O) groups is 1. The Balaban J connectivity index is 1.66. The van der Waals surface area contributed by atoms with E-state index in [9.17, 15) is 9.18 Å². The Labute approximate surface area is 127 Å². The molecule has 2 rings (SSSR count). The molecule has 6 nitrogen and oxygen atoms in total. The minimum atomic E-state index is -0.564. The van der Waals surface area contributed by atoms with Crippen LogP contribution in [0.1, 0.15) is 10.4 Å². The second-order valence-electron chi connectivity index (χ2n) is 4.49. The van der Waals surface area contributed by atoms with E-state index in [0.717, 1.165) is 6.07 Å². The minimum absolute atomic E-state index is 0.110. The zero-order valence-electron chi connectivity index (χ0n) is 12.3. The Morgan fingerprint density at radius 1 is 1.41 bits per heavy atom. The highest BCUT2D eigenvalue weighted by Gasteiger charge is 2.09. The van der Waals surface area contributed by atoms with Gasteiger partial charge >= 0.3 is 0 Å². The highest BCUT2D eigenvalue weighted by molar-refractivity contribution is 5.94. The highest BCUT2D eigenvalue weighted by atomic mass is 19.1. The molecule has 0 aliphatic rings. The van der Waals surface area contributed by atoms with E-state index in [1.54, 1.807) is 10.9 Å². The van der Waals surface area contributed by atoms with Crippen LogP contribution in [0.25, 0.3) is 0 Å². The van der Waals surface area contributed by atoms with Crippen LogP contribution in [0, 0.1) is 5.82 Å². The maximum atomic E-state index is 13.5. The van der Waals surface area contributed by atoms with Crippen LogP contribution in [0.15, 0.2) is 36.7 Å². The number of halogens is 1. The molecule has 1 aromatic heterocycles. The number of methoxy groups -OCH3 is 1. The van der Waals surface area contributed by atoms with Gasteiger partial charge in [-0.15, -0.1) is 0 Å². The standard InChI is InChI=1S/C15H18FN3O3/c1-21-14-4-3-12(11-13(14)16)15(20)17-6-9-22-10-8-19-7-2-5-18-19/h2-5,7,11H,6,8-10H2,1H3,(H,17,20). The number of carbonyl (C=O) groups excluding carboxylic acids is 1. The maximum absolute atomic E-state index is 13.5. The molecular weight excluding hydrogens is 289 g/mol. The van der Waals surface area contributed by atoms with E-state index in [0.29, 0.717) is 26.3 Å². The summed E-state index contributed by atoms with van der Waals surface area (Å²) in [7, 11) is 1.37. The maximum Gasteiger partial charge on any atom is 0.251 e. The molecule has 2 aromatic rings. The van der Waals surface area contributed by atoms with E-state index in [1.807, 2.05) is 12.3 Å². The van der Waals surface area contributed by atoms with Gasteiger partial charge in [0, 0.05) is 24.5 Å². The Kier molecular flexibility index (Phi) is 5.91. The summed E-state index contributed by atoms with van der Waals surface area (Å²) in [5.74, 6) is -0.804. The number of ether oxygens (including phenoxy) is 2. The van der Waals surface area contributed by atoms with E-state index in [-0.39, 0.29) is 17.2 Å². The number of benzene rings is 1. The van der Waals surface area contributed by atoms with Gasteiger partial charge in [-0.2, -0.15) is 5.10 Å². The smallest absolute Gasteiger partial charge is 0.251 e. The van der Waals surface area contributed by atoms with Gasteiger partial charge in [-0.25, -0.2) is 4.39 Å². The number of rotatable bonds is 8. The first-order valence-electron chi connectivity index (χ1n) is 6.87.